The van der Waals surface area contributed by atoms with E-state index in [1.807, 2.05) is 6.92 Å². The smallest absolute Gasteiger partial charge is 0.255 e. The third-order valence-electron chi connectivity index (χ3n) is 4.96. The van der Waals surface area contributed by atoms with Crippen LogP contribution >= 0.6 is 0 Å². The fourth-order valence-corrected chi connectivity index (χ4v) is 3.59. The molecule has 0 spiro atoms. The molecule has 8 nitrogen and oxygen atoms in total. The van der Waals surface area contributed by atoms with Gasteiger partial charge in [-0.05, 0) is 18.6 Å². The molecule has 0 radical (unpaired) electrons. The van der Waals surface area contributed by atoms with Crippen molar-refractivity contribution >= 4 is 28.4 Å². The van der Waals surface area contributed by atoms with E-state index in [0.29, 0.717) is 28.7 Å². The molecule has 0 aliphatic carbocycles. The first-order valence-electron chi connectivity index (χ1n) is 8.63. The number of nitrogens with zero attached hydrogens (tertiary/aromatic N) is 3. The first-order valence-corrected chi connectivity index (χ1v) is 8.63. The maximum atomic E-state index is 14.0. The molecule has 3 N–H and O–H groups in total. The molecule has 2 amide bonds. The van der Waals surface area contributed by atoms with Gasteiger partial charge in [0.25, 0.3) is 11.8 Å². The van der Waals surface area contributed by atoms with E-state index >= 15 is 0 Å². The molecule has 3 heterocycles. The van der Waals surface area contributed by atoms with E-state index in [2.05, 4.69) is 15.4 Å². The van der Waals surface area contributed by atoms with Crippen LogP contribution in [-0.2, 0) is 4.79 Å². The minimum atomic E-state index is -1.52. The van der Waals surface area contributed by atoms with Gasteiger partial charge in [-0.2, -0.15) is 5.10 Å². The fraction of sp³-hybridized carbons (Fsp3) is 0.333. The van der Waals surface area contributed by atoms with Crippen LogP contribution < -0.4 is 15.8 Å². The lowest BCUT2D eigenvalue weighted by molar-refractivity contribution is -0.123. The van der Waals surface area contributed by atoms with Crippen LogP contribution in [-0.4, -0.2) is 45.2 Å². The van der Waals surface area contributed by atoms with Crippen molar-refractivity contribution in [2.75, 3.05) is 6.61 Å². The molecule has 0 saturated carbocycles. The lowest BCUT2D eigenvalue weighted by Gasteiger charge is -2.19. The fourth-order valence-electron chi connectivity index (χ4n) is 3.59. The average molecular weight is 371 g/mol. The lowest BCUT2D eigenvalue weighted by Crippen LogP contribution is -2.34. The van der Waals surface area contributed by atoms with Crippen molar-refractivity contribution in [3.8, 4) is 5.75 Å². The summed E-state index contributed by atoms with van der Waals surface area (Å²) in [6.07, 6.45) is 0.339. The first kappa shape index (κ1) is 17.2. The number of halogens is 1. The molecule has 3 atom stereocenters. The zero-order valence-electron chi connectivity index (χ0n) is 14.6. The second kappa shape index (κ2) is 6.49. The molecule has 1 saturated heterocycles. The van der Waals surface area contributed by atoms with Crippen molar-refractivity contribution in [3.63, 3.8) is 0 Å². The van der Waals surface area contributed by atoms with E-state index in [1.165, 1.54) is 10.8 Å². The number of pyridine rings is 1. The third kappa shape index (κ3) is 2.75. The molecule has 4 rings (SSSR count). The van der Waals surface area contributed by atoms with E-state index in [9.17, 15) is 14.0 Å². The van der Waals surface area contributed by atoms with Gasteiger partial charge in [0.05, 0.1) is 11.6 Å². The van der Waals surface area contributed by atoms with Gasteiger partial charge in [-0.15, -0.1) is 0 Å². The Morgan fingerprint density at radius 3 is 3.00 bits per heavy atom. The molecule has 0 unspecified atom stereocenters. The van der Waals surface area contributed by atoms with Crippen LogP contribution in [0.5, 0.6) is 5.75 Å². The van der Waals surface area contributed by atoms with Crippen molar-refractivity contribution in [3.05, 3.63) is 36.2 Å². The SMILES string of the molecule is CC[C@@H]1[C@H](F)C(=O)N[C@@H]1COc1cccc2cc(C(N)=O)c3ncnn3c12. The highest BCUT2D eigenvalue weighted by Crippen LogP contribution is 2.29. The van der Waals surface area contributed by atoms with Crippen LogP contribution in [0.4, 0.5) is 4.39 Å². The minimum Gasteiger partial charge on any atom is -0.489 e. The molecule has 0 bridgehead atoms. The Hall–Kier alpha value is -3.23. The number of hydrogen-bond donors (Lipinski definition) is 2. The van der Waals surface area contributed by atoms with Gasteiger partial charge >= 0.3 is 0 Å². The molecule has 1 aliphatic rings. The number of para-hydroxylation sites is 1. The summed E-state index contributed by atoms with van der Waals surface area (Å²) in [6, 6.07) is 6.55. The van der Waals surface area contributed by atoms with Gasteiger partial charge < -0.3 is 15.8 Å². The monoisotopic (exact) mass is 371 g/mol. The second-order valence-corrected chi connectivity index (χ2v) is 6.51. The number of carbonyl (C=O) groups is 2. The van der Waals surface area contributed by atoms with Crippen molar-refractivity contribution in [1.82, 2.24) is 19.9 Å². The minimum absolute atomic E-state index is 0.123. The molecule has 1 fully saturated rings. The summed E-state index contributed by atoms with van der Waals surface area (Å²) < 4.78 is 21.4. The summed E-state index contributed by atoms with van der Waals surface area (Å²) in [4.78, 5) is 27.4. The van der Waals surface area contributed by atoms with Crippen LogP contribution in [0.15, 0.2) is 30.6 Å². The van der Waals surface area contributed by atoms with Crippen LogP contribution in [0, 0.1) is 5.92 Å². The Morgan fingerprint density at radius 1 is 1.44 bits per heavy atom. The van der Waals surface area contributed by atoms with Crippen molar-refractivity contribution in [2.24, 2.45) is 11.7 Å². The highest BCUT2D eigenvalue weighted by atomic mass is 19.1. The number of nitrogens with one attached hydrogen (secondary N) is 1. The number of amides is 2. The normalized spacial score (nSPS) is 22.3. The largest absolute Gasteiger partial charge is 0.489 e. The molecule has 9 heteroatoms. The molecular formula is C18H18FN5O3. The van der Waals surface area contributed by atoms with Crippen molar-refractivity contribution < 1.29 is 18.7 Å². The van der Waals surface area contributed by atoms with Gasteiger partial charge in [-0.25, -0.2) is 13.9 Å². The van der Waals surface area contributed by atoms with Crippen molar-refractivity contribution in [2.45, 2.75) is 25.6 Å². The molecular weight excluding hydrogens is 353 g/mol. The number of alkyl halides is 1. The number of rotatable bonds is 5. The van der Waals surface area contributed by atoms with Crippen LogP contribution in [0.2, 0.25) is 0 Å². The summed E-state index contributed by atoms with van der Waals surface area (Å²) in [5.41, 5.74) is 6.64. The number of aromatic nitrogens is 3. The van der Waals surface area contributed by atoms with Gasteiger partial charge in [0.2, 0.25) is 0 Å². The molecule has 2 aromatic heterocycles. The number of fused-ring (bicyclic) bond motifs is 3. The first-order chi connectivity index (χ1) is 13.0. The molecule has 1 aliphatic heterocycles. The predicted molar refractivity (Wildman–Crippen MR) is 95.1 cm³/mol. The Kier molecular flexibility index (Phi) is 4.14. The standard InChI is InChI=1S/C18H18FN5O3/c1-2-10-12(23-18(26)14(10)19)7-27-13-5-3-4-9-6-11(16(20)25)17-21-8-22-24(17)15(9)13/h3-6,8,10,12,14H,2,7H2,1H3,(H2,20,25)(H,23,26)/t10-,12+,14-/m0/s1. The van der Waals surface area contributed by atoms with Crippen LogP contribution in [0.25, 0.3) is 16.6 Å². The Bertz CT molecular complexity index is 1050. The zero-order valence-corrected chi connectivity index (χ0v) is 14.6. The van der Waals surface area contributed by atoms with Gasteiger partial charge in [-0.3, -0.25) is 9.59 Å². The predicted octanol–water partition coefficient (Wildman–Crippen LogP) is 1.22. The number of ether oxygens (including phenoxy) is 1. The van der Waals surface area contributed by atoms with Gasteiger partial charge in [-0.1, -0.05) is 19.1 Å². The third-order valence-corrected chi connectivity index (χ3v) is 4.96. The molecule has 3 aromatic rings. The Labute approximate surface area is 153 Å². The van der Waals surface area contributed by atoms with Crippen molar-refractivity contribution in [1.29, 1.82) is 0 Å². The summed E-state index contributed by atoms with van der Waals surface area (Å²) in [6.45, 7) is 1.96. The maximum Gasteiger partial charge on any atom is 0.255 e. The van der Waals surface area contributed by atoms with Crippen LogP contribution in [0.1, 0.15) is 23.7 Å². The van der Waals surface area contributed by atoms with E-state index in [1.54, 1.807) is 24.3 Å². The van der Waals surface area contributed by atoms with E-state index in [0.717, 1.165) is 0 Å². The number of nitrogens with two attached hydrogens (primary N) is 1. The van der Waals surface area contributed by atoms with E-state index in [-0.39, 0.29) is 12.2 Å². The quantitative estimate of drug-likeness (QED) is 0.700. The van der Waals surface area contributed by atoms with E-state index < -0.39 is 29.9 Å². The van der Waals surface area contributed by atoms with E-state index in [4.69, 9.17) is 10.5 Å². The second-order valence-electron chi connectivity index (χ2n) is 6.51. The number of hydrogen-bond acceptors (Lipinski definition) is 5. The summed E-state index contributed by atoms with van der Waals surface area (Å²) in [7, 11) is 0. The van der Waals surface area contributed by atoms with Gasteiger partial charge in [0.1, 0.15) is 24.2 Å². The number of benzene rings is 1. The molecule has 140 valence electrons. The summed E-state index contributed by atoms with van der Waals surface area (Å²) in [5, 5.41) is 7.52. The highest BCUT2D eigenvalue weighted by molar-refractivity contribution is 6.03. The van der Waals surface area contributed by atoms with Gasteiger partial charge in [0, 0.05) is 11.3 Å². The summed E-state index contributed by atoms with van der Waals surface area (Å²) >= 11 is 0. The molecule has 1 aromatic carbocycles. The Morgan fingerprint density at radius 2 is 2.26 bits per heavy atom. The average Bonchev–Trinajstić information content (AvgIpc) is 3.24. The van der Waals surface area contributed by atoms with Gasteiger partial charge in [0.15, 0.2) is 11.8 Å². The Balaban J connectivity index is 1.72. The van der Waals surface area contributed by atoms with Crippen LogP contribution in [0.3, 0.4) is 0 Å². The maximum absolute atomic E-state index is 14.0. The zero-order chi connectivity index (χ0) is 19.1. The number of carbonyl (C=O) groups excluding carboxylic acids is 2. The molecule has 27 heavy (non-hydrogen) atoms. The highest BCUT2D eigenvalue weighted by Gasteiger charge is 2.41. The summed E-state index contributed by atoms with van der Waals surface area (Å²) in [5.74, 6) is -1.14. The lowest BCUT2D eigenvalue weighted by atomic mass is 9.97. The topological polar surface area (TPSA) is 112 Å². The number of primary amides is 1.